The second-order valence-electron chi connectivity index (χ2n) is 14.0. The zero-order valence-electron chi connectivity index (χ0n) is 30.7. The van der Waals surface area contributed by atoms with Crippen molar-refractivity contribution in [2.45, 2.75) is 88.0 Å². The molecule has 0 unspecified atom stereocenters. The molecule has 2 aromatic heterocycles. The second kappa shape index (κ2) is 14.9. The molecule has 0 aliphatic carbocycles. The van der Waals surface area contributed by atoms with E-state index in [9.17, 15) is 9.90 Å². The van der Waals surface area contributed by atoms with Crippen LogP contribution in [0, 0.1) is 37.7 Å². The molecule has 0 aliphatic rings. The molecule has 1 radical (unpaired) electrons. The predicted octanol–water partition coefficient (Wildman–Crippen LogP) is 11.5. The van der Waals surface area contributed by atoms with Gasteiger partial charge in [-0.15, -0.1) is 29.1 Å². The number of ketones is 1. The van der Waals surface area contributed by atoms with Gasteiger partial charge in [-0.1, -0.05) is 101 Å². The summed E-state index contributed by atoms with van der Waals surface area (Å²) in [4.78, 5) is 21.6. The van der Waals surface area contributed by atoms with E-state index in [0.717, 1.165) is 53.4 Å². The number of carbonyl (C=O) groups excluding carboxylic acids is 1. The van der Waals surface area contributed by atoms with Gasteiger partial charge in [0.05, 0.1) is 5.52 Å². The summed E-state index contributed by atoms with van der Waals surface area (Å²) < 4.78 is 2.17. The zero-order chi connectivity index (χ0) is 35.0. The number of aliphatic hydroxyl groups is 1. The minimum absolute atomic E-state index is 0. The molecule has 259 valence electrons. The molecule has 0 saturated heterocycles. The summed E-state index contributed by atoms with van der Waals surface area (Å²) in [6, 6.07) is 23.3. The van der Waals surface area contributed by atoms with E-state index >= 15 is 0 Å². The van der Waals surface area contributed by atoms with Gasteiger partial charge in [0.15, 0.2) is 5.78 Å². The number of aryl methyl sites for hydroxylation is 4. The van der Waals surface area contributed by atoms with Gasteiger partial charge in [0, 0.05) is 60.5 Å². The normalized spacial score (nSPS) is 12.3. The third-order valence-corrected chi connectivity index (χ3v) is 11.0. The number of aliphatic hydroxyl groups excluding tert-OH is 1. The molecule has 0 bridgehead atoms. The number of allylic oxidation sites excluding steroid dienone is 2. The predicted molar refractivity (Wildman–Crippen MR) is 203 cm³/mol. The topological polar surface area (TPSA) is 68.0 Å². The number of rotatable bonds is 8. The maximum Gasteiger partial charge on any atom is 0.164 e. The van der Waals surface area contributed by atoms with Crippen molar-refractivity contribution in [1.82, 2.24) is 14.5 Å². The third kappa shape index (κ3) is 7.09. The minimum Gasteiger partial charge on any atom is -0.512 e. The summed E-state index contributed by atoms with van der Waals surface area (Å²) in [5, 5.41) is 17.3. The summed E-state index contributed by atoms with van der Waals surface area (Å²) >= 11 is 0. The molecule has 1 N–H and O–H groups in total. The molecule has 0 atom stereocenters. The molecule has 6 heteroatoms. The molecule has 2 heterocycles. The van der Waals surface area contributed by atoms with E-state index in [0.29, 0.717) is 0 Å². The molecule has 49 heavy (non-hydrogen) atoms. The Bertz CT molecular complexity index is 2190. The van der Waals surface area contributed by atoms with Gasteiger partial charge in [0.2, 0.25) is 0 Å². The fraction of sp³-hybridized carbons (Fsp3) is 0.372. The van der Waals surface area contributed by atoms with Gasteiger partial charge in [-0.05, 0) is 62.4 Å². The molecule has 0 spiro atoms. The van der Waals surface area contributed by atoms with Crippen molar-refractivity contribution < 1.29 is 30.0 Å². The first-order valence-corrected chi connectivity index (χ1v) is 17.3. The van der Waals surface area contributed by atoms with Crippen molar-refractivity contribution >= 4 is 49.3 Å². The van der Waals surface area contributed by atoms with Gasteiger partial charge >= 0.3 is 0 Å². The fourth-order valence-corrected chi connectivity index (χ4v) is 6.77. The molecular weight excluding hydrogens is 783 g/mol. The first-order valence-electron chi connectivity index (χ1n) is 17.3. The van der Waals surface area contributed by atoms with Crippen LogP contribution in [0.2, 0.25) is 0 Å². The Kier molecular flexibility index (Phi) is 11.6. The van der Waals surface area contributed by atoms with Crippen LogP contribution >= 0.6 is 0 Å². The Labute approximate surface area is 305 Å². The number of hydrogen-bond acceptors (Lipinski definition) is 4. The maximum atomic E-state index is 12.2. The second-order valence-corrected chi connectivity index (χ2v) is 14.0. The SMILES string of the molecule is CCC(C)(CC)C(=O)/C=C(\O)C(C)(CC)CC.Cc1cc(C)c2c(C)cc(-c3ncnc4c3c3cc5ccccc5cc3n4C)[c-]c2c1.[Ir]. The summed E-state index contributed by atoms with van der Waals surface area (Å²) in [5.74, 6) is 0.286. The summed E-state index contributed by atoms with van der Waals surface area (Å²) in [5.41, 5.74) is 7.26. The summed E-state index contributed by atoms with van der Waals surface area (Å²) in [6.45, 7) is 18.6. The van der Waals surface area contributed by atoms with Crippen LogP contribution in [0.4, 0.5) is 0 Å². The van der Waals surface area contributed by atoms with Crippen LogP contribution in [-0.4, -0.2) is 25.4 Å². The van der Waals surface area contributed by atoms with Crippen LogP contribution in [0.5, 0.6) is 0 Å². The number of benzene rings is 4. The van der Waals surface area contributed by atoms with Gasteiger partial charge in [-0.3, -0.25) is 9.78 Å². The quantitative estimate of drug-likeness (QED) is 0.0942. The fourth-order valence-electron chi connectivity index (χ4n) is 6.77. The molecule has 4 aromatic carbocycles. The molecule has 6 rings (SSSR count). The van der Waals surface area contributed by atoms with Gasteiger partial charge in [-0.2, -0.15) is 0 Å². The maximum absolute atomic E-state index is 12.2. The van der Waals surface area contributed by atoms with Gasteiger partial charge in [0.1, 0.15) is 17.7 Å². The minimum atomic E-state index is -0.337. The number of carbonyl (C=O) groups is 1. The molecular formula is C43H50IrN3O2-. The molecule has 0 amide bonds. The van der Waals surface area contributed by atoms with Gasteiger partial charge in [0.25, 0.3) is 0 Å². The van der Waals surface area contributed by atoms with Crippen molar-refractivity contribution in [3.05, 3.63) is 95.5 Å². The van der Waals surface area contributed by atoms with Crippen LogP contribution < -0.4 is 0 Å². The van der Waals surface area contributed by atoms with E-state index < -0.39 is 0 Å². The Balaban J connectivity index is 0.000000260. The monoisotopic (exact) mass is 833 g/mol. The van der Waals surface area contributed by atoms with E-state index in [1.807, 2.05) is 41.5 Å². The Morgan fingerprint density at radius 2 is 1.43 bits per heavy atom. The zero-order valence-corrected chi connectivity index (χ0v) is 33.1. The Hall–Kier alpha value is -3.86. The van der Waals surface area contributed by atoms with Crippen LogP contribution in [0.15, 0.2) is 72.8 Å². The average molecular weight is 833 g/mol. The van der Waals surface area contributed by atoms with Crippen molar-refractivity contribution in [1.29, 1.82) is 0 Å². The Morgan fingerprint density at radius 3 is 2.04 bits per heavy atom. The van der Waals surface area contributed by atoms with Crippen LogP contribution in [0.25, 0.3) is 54.7 Å². The standard InChI is InChI=1S/C28H22N3.C15H28O2.Ir/c1-16-9-17(2)25-18(3)11-22(12-21(25)10-16)27-26-23-13-19-7-5-6-8-20(19)14-24(23)31(4)28(26)30-15-29-27;1-7-14(5,8-2)12(16)11-13(17)15(6,9-3)10-4;/h5-11,13-15H,1-4H3;11,16H,7-10H2,1-6H3;/q-1;;/b;12-11-;. The van der Waals surface area contributed by atoms with Crippen LogP contribution in [0.3, 0.4) is 0 Å². The number of nitrogens with zero attached hydrogens (tertiary/aromatic N) is 3. The average Bonchev–Trinajstić information content (AvgIpc) is 3.36. The first-order chi connectivity index (χ1) is 22.8. The van der Waals surface area contributed by atoms with Crippen LogP contribution in [0.1, 0.15) is 83.9 Å². The van der Waals surface area contributed by atoms with Crippen molar-refractivity contribution in [3.63, 3.8) is 0 Å². The van der Waals surface area contributed by atoms with Crippen LogP contribution in [-0.2, 0) is 31.9 Å². The van der Waals surface area contributed by atoms with E-state index in [1.54, 1.807) is 6.33 Å². The van der Waals surface area contributed by atoms with Crippen molar-refractivity contribution in [2.24, 2.45) is 17.9 Å². The van der Waals surface area contributed by atoms with E-state index in [4.69, 9.17) is 4.98 Å². The summed E-state index contributed by atoms with van der Waals surface area (Å²) in [7, 11) is 2.08. The summed E-state index contributed by atoms with van der Waals surface area (Å²) in [6.07, 6.45) is 6.43. The van der Waals surface area contributed by atoms with Crippen molar-refractivity contribution in [2.75, 3.05) is 0 Å². The van der Waals surface area contributed by atoms with E-state index in [-0.39, 0.29) is 42.5 Å². The van der Waals surface area contributed by atoms with Crippen molar-refractivity contribution in [3.8, 4) is 11.3 Å². The largest absolute Gasteiger partial charge is 0.512 e. The number of aromatic nitrogens is 3. The molecule has 5 nitrogen and oxygen atoms in total. The smallest absolute Gasteiger partial charge is 0.164 e. The van der Waals surface area contributed by atoms with Gasteiger partial charge < -0.3 is 9.67 Å². The first kappa shape index (κ1) is 37.9. The molecule has 0 fully saturated rings. The number of fused-ring (bicyclic) bond motifs is 5. The molecule has 6 aromatic rings. The third-order valence-electron chi connectivity index (χ3n) is 11.0. The van der Waals surface area contributed by atoms with Gasteiger partial charge in [-0.25, -0.2) is 4.98 Å². The Morgan fingerprint density at radius 1 is 0.837 bits per heavy atom. The number of hydrogen-bond donors (Lipinski definition) is 1. The van der Waals surface area contributed by atoms with E-state index in [1.165, 1.54) is 49.8 Å². The molecule has 0 saturated carbocycles. The van der Waals surface area contributed by atoms with E-state index in [2.05, 4.69) is 98.0 Å². The molecule has 0 aliphatic heterocycles.